The molecular formula is C22H21N7O4. The quantitative estimate of drug-likeness (QED) is 0.410. The van der Waals surface area contributed by atoms with Gasteiger partial charge < -0.3 is 9.26 Å². The van der Waals surface area contributed by atoms with Crippen molar-refractivity contribution >= 4 is 11.8 Å². The van der Waals surface area contributed by atoms with E-state index in [9.17, 15) is 9.59 Å². The number of benzene rings is 2. The van der Waals surface area contributed by atoms with Crippen LogP contribution in [-0.4, -0.2) is 37.2 Å². The van der Waals surface area contributed by atoms with Crippen LogP contribution >= 0.6 is 0 Å². The third kappa shape index (κ3) is 5.39. The molecule has 2 heterocycles. The number of hydrogen-bond acceptors (Lipinski definition) is 8. The van der Waals surface area contributed by atoms with Crippen molar-refractivity contribution in [3.8, 4) is 11.4 Å². The van der Waals surface area contributed by atoms with E-state index < -0.39 is 5.91 Å². The molecule has 0 fully saturated rings. The second-order valence-corrected chi connectivity index (χ2v) is 7.22. The number of tetrazole rings is 1. The molecule has 0 radical (unpaired) electrons. The molecule has 2 N–H and O–H groups in total. The lowest BCUT2D eigenvalue weighted by molar-refractivity contribution is -0.121. The van der Waals surface area contributed by atoms with E-state index >= 15 is 0 Å². The smallest absolute Gasteiger partial charge is 0.269 e. The van der Waals surface area contributed by atoms with E-state index in [2.05, 4.69) is 31.5 Å². The molecule has 11 nitrogen and oxygen atoms in total. The molecule has 0 spiro atoms. The molecule has 0 aliphatic carbocycles. The number of hydrogen-bond donors (Lipinski definition) is 2. The number of rotatable bonds is 7. The fourth-order valence-electron chi connectivity index (χ4n) is 3.04. The van der Waals surface area contributed by atoms with Crippen molar-refractivity contribution < 1.29 is 18.8 Å². The molecule has 0 saturated heterocycles. The van der Waals surface area contributed by atoms with Crippen LogP contribution in [0.1, 0.15) is 32.9 Å². The highest BCUT2D eigenvalue weighted by Crippen LogP contribution is 2.18. The van der Waals surface area contributed by atoms with Crippen molar-refractivity contribution in [2.75, 3.05) is 0 Å². The molecule has 2 amide bonds. The average Bonchev–Trinajstić information content (AvgIpc) is 3.48. The van der Waals surface area contributed by atoms with Gasteiger partial charge in [-0.25, -0.2) is 4.68 Å². The van der Waals surface area contributed by atoms with Crippen LogP contribution in [0.15, 0.2) is 59.4 Å². The molecule has 0 unspecified atom stereocenters. The largest absolute Gasteiger partial charge is 0.489 e. The van der Waals surface area contributed by atoms with Crippen molar-refractivity contribution in [2.24, 2.45) is 0 Å². The van der Waals surface area contributed by atoms with Crippen LogP contribution in [0.4, 0.5) is 0 Å². The number of carbonyl (C=O) groups excluding carboxylic acids is 2. The summed E-state index contributed by atoms with van der Waals surface area (Å²) < 4.78 is 12.4. The number of nitrogens with zero attached hydrogens (tertiary/aromatic N) is 5. The van der Waals surface area contributed by atoms with Crippen molar-refractivity contribution in [1.82, 2.24) is 36.2 Å². The van der Waals surface area contributed by atoms with Crippen molar-refractivity contribution in [2.45, 2.75) is 26.9 Å². The average molecular weight is 447 g/mol. The highest BCUT2D eigenvalue weighted by Gasteiger charge is 2.11. The molecule has 2 aromatic carbocycles. The molecule has 0 saturated carbocycles. The van der Waals surface area contributed by atoms with Crippen LogP contribution in [0, 0.1) is 13.8 Å². The molecule has 33 heavy (non-hydrogen) atoms. The summed E-state index contributed by atoms with van der Waals surface area (Å²) in [4.78, 5) is 24.5. The molecule has 0 atom stereocenters. The van der Waals surface area contributed by atoms with E-state index in [4.69, 9.17) is 9.26 Å². The number of amides is 2. The van der Waals surface area contributed by atoms with E-state index in [-0.39, 0.29) is 12.3 Å². The highest BCUT2D eigenvalue weighted by molar-refractivity contribution is 5.95. The number of aromatic nitrogens is 5. The van der Waals surface area contributed by atoms with Gasteiger partial charge in [0.2, 0.25) is 5.91 Å². The number of ether oxygens (including phenoxy) is 1. The highest BCUT2D eigenvalue weighted by atomic mass is 16.5. The summed E-state index contributed by atoms with van der Waals surface area (Å²) in [6.45, 7) is 4.05. The molecule has 0 aliphatic rings. The van der Waals surface area contributed by atoms with Gasteiger partial charge in [0.1, 0.15) is 24.4 Å². The Morgan fingerprint density at radius 3 is 2.42 bits per heavy atom. The lowest BCUT2D eigenvalue weighted by atomic mass is 10.1. The third-order valence-electron chi connectivity index (χ3n) is 4.91. The Morgan fingerprint density at radius 2 is 1.79 bits per heavy atom. The first-order valence-electron chi connectivity index (χ1n) is 10.1. The van der Waals surface area contributed by atoms with E-state index in [0.717, 1.165) is 22.6 Å². The summed E-state index contributed by atoms with van der Waals surface area (Å²) in [5, 5.41) is 14.8. The molecule has 0 aliphatic heterocycles. The van der Waals surface area contributed by atoms with Gasteiger partial charge in [-0.1, -0.05) is 17.3 Å². The van der Waals surface area contributed by atoms with Crippen LogP contribution in [-0.2, 0) is 17.8 Å². The number of nitrogens with one attached hydrogen (secondary N) is 2. The second-order valence-electron chi connectivity index (χ2n) is 7.22. The van der Waals surface area contributed by atoms with Gasteiger partial charge in [0, 0.05) is 5.56 Å². The van der Waals surface area contributed by atoms with Gasteiger partial charge in [-0.05, 0) is 66.2 Å². The normalized spacial score (nSPS) is 10.6. The fourth-order valence-corrected chi connectivity index (χ4v) is 3.04. The minimum atomic E-state index is -0.435. The van der Waals surface area contributed by atoms with Crippen LogP contribution < -0.4 is 15.6 Å². The number of hydrazine groups is 1. The molecule has 168 valence electrons. The van der Waals surface area contributed by atoms with E-state index in [0.29, 0.717) is 23.6 Å². The van der Waals surface area contributed by atoms with Gasteiger partial charge in [0.25, 0.3) is 5.91 Å². The maximum Gasteiger partial charge on any atom is 0.269 e. The van der Waals surface area contributed by atoms with Crippen molar-refractivity contribution in [1.29, 1.82) is 0 Å². The van der Waals surface area contributed by atoms with Crippen LogP contribution in [0.2, 0.25) is 0 Å². The van der Waals surface area contributed by atoms with Crippen LogP contribution in [0.25, 0.3) is 5.69 Å². The maximum absolute atomic E-state index is 12.3. The molecule has 2 aromatic heterocycles. The van der Waals surface area contributed by atoms with Crippen LogP contribution in [0.3, 0.4) is 0 Å². The van der Waals surface area contributed by atoms with Gasteiger partial charge in [-0.2, -0.15) is 0 Å². The molecule has 11 heteroatoms. The van der Waals surface area contributed by atoms with Gasteiger partial charge >= 0.3 is 0 Å². The van der Waals surface area contributed by atoms with Crippen molar-refractivity contribution in [3.05, 3.63) is 83.0 Å². The first-order valence-corrected chi connectivity index (χ1v) is 10.1. The Labute approximate surface area is 188 Å². The minimum absolute atomic E-state index is 0.0999. The topological polar surface area (TPSA) is 137 Å². The lowest BCUT2D eigenvalue weighted by Gasteiger charge is -2.09. The Hall–Kier alpha value is -4.54. The summed E-state index contributed by atoms with van der Waals surface area (Å²) in [5.41, 5.74) is 8.40. The Bertz CT molecular complexity index is 1210. The SMILES string of the molecule is Cc1noc(C)c1COc1ccc(CC(=O)NNC(=O)c2ccc(-n3cnnn3)cc2)cc1. The van der Waals surface area contributed by atoms with Gasteiger partial charge in [0.05, 0.1) is 23.4 Å². The third-order valence-corrected chi connectivity index (χ3v) is 4.91. The Balaban J connectivity index is 1.24. The van der Waals surface area contributed by atoms with Gasteiger partial charge in [-0.15, -0.1) is 5.10 Å². The van der Waals surface area contributed by atoms with E-state index in [1.807, 2.05) is 13.8 Å². The Morgan fingerprint density at radius 1 is 1.03 bits per heavy atom. The zero-order chi connectivity index (χ0) is 23.2. The number of carbonyl (C=O) groups is 2. The summed E-state index contributed by atoms with van der Waals surface area (Å²) in [6.07, 6.45) is 1.55. The van der Waals surface area contributed by atoms with Crippen LogP contribution in [0.5, 0.6) is 5.75 Å². The monoisotopic (exact) mass is 447 g/mol. The first kappa shape index (κ1) is 21.7. The zero-order valence-corrected chi connectivity index (χ0v) is 18.0. The maximum atomic E-state index is 12.3. The molecular weight excluding hydrogens is 426 g/mol. The van der Waals surface area contributed by atoms with E-state index in [1.54, 1.807) is 48.5 Å². The van der Waals surface area contributed by atoms with Crippen molar-refractivity contribution in [3.63, 3.8) is 0 Å². The predicted molar refractivity (Wildman–Crippen MR) is 115 cm³/mol. The summed E-state index contributed by atoms with van der Waals surface area (Å²) >= 11 is 0. The molecule has 0 bridgehead atoms. The van der Waals surface area contributed by atoms with Gasteiger partial charge in [0.15, 0.2) is 0 Å². The number of aryl methyl sites for hydroxylation is 2. The second kappa shape index (κ2) is 9.73. The standard InChI is InChI=1S/C22H21N7O4/c1-14-20(15(2)33-26-14)12-32-19-9-3-16(4-10-19)11-21(30)24-25-22(31)17-5-7-18(8-6-17)29-13-23-27-28-29/h3-10,13H,11-12H2,1-2H3,(H,24,30)(H,25,31). The molecule has 4 aromatic rings. The molecule has 4 rings (SSSR count). The van der Waals surface area contributed by atoms with Gasteiger partial charge in [-0.3, -0.25) is 20.4 Å². The minimum Gasteiger partial charge on any atom is -0.489 e. The fraction of sp³-hybridized carbons (Fsp3) is 0.182. The summed E-state index contributed by atoms with van der Waals surface area (Å²) in [6, 6.07) is 13.8. The van der Waals surface area contributed by atoms with E-state index in [1.165, 1.54) is 11.0 Å². The lowest BCUT2D eigenvalue weighted by Crippen LogP contribution is -2.42. The summed E-state index contributed by atoms with van der Waals surface area (Å²) in [5.74, 6) is 0.608. The predicted octanol–water partition coefficient (Wildman–Crippen LogP) is 1.85. The first-order chi connectivity index (χ1) is 16.0. The summed E-state index contributed by atoms with van der Waals surface area (Å²) in [7, 11) is 0. The Kier molecular flexibility index (Phi) is 6.39. The zero-order valence-electron chi connectivity index (χ0n) is 18.0.